The molecule has 3 heteroatoms. The van der Waals surface area contributed by atoms with Gasteiger partial charge in [-0.15, -0.1) is 0 Å². The van der Waals surface area contributed by atoms with Crippen LogP contribution in [0.25, 0.3) is 0 Å². The molecule has 0 fully saturated rings. The molecule has 0 spiro atoms. The molecule has 104 valence electrons. The molecule has 0 aliphatic rings. The first-order valence-electron chi connectivity index (χ1n) is 6.90. The summed E-state index contributed by atoms with van der Waals surface area (Å²) in [7, 11) is 0. The lowest BCUT2D eigenvalue weighted by molar-refractivity contribution is -0.137. The van der Waals surface area contributed by atoms with Crippen LogP contribution in [-0.4, -0.2) is 22.3 Å². The lowest BCUT2D eigenvalue weighted by Crippen LogP contribution is -2.00. The average molecular weight is 254 g/mol. The van der Waals surface area contributed by atoms with E-state index in [0.717, 1.165) is 32.1 Å². The maximum Gasteiger partial charge on any atom is 0.303 e. The highest BCUT2D eigenvalue weighted by atomic mass is 16.4. The van der Waals surface area contributed by atoms with Crippen LogP contribution >= 0.6 is 0 Å². The van der Waals surface area contributed by atoms with Gasteiger partial charge in [-0.3, -0.25) is 4.79 Å². The van der Waals surface area contributed by atoms with Crippen LogP contribution in [0.4, 0.5) is 0 Å². The van der Waals surface area contributed by atoms with Gasteiger partial charge in [0.15, 0.2) is 0 Å². The SMILES string of the molecule is CCCCC[C@H](O)/C=C\C=C\CCCCC(=O)O. The number of rotatable bonds is 11. The second-order valence-corrected chi connectivity index (χ2v) is 4.52. The molecule has 0 aliphatic heterocycles. The molecule has 0 aromatic carbocycles. The number of aliphatic carboxylic acids is 1. The number of carboxylic acids is 1. The normalized spacial score (nSPS) is 13.4. The standard InChI is InChI=1S/C15H26O3/c1-2-3-8-11-14(16)12-9-6-4-5-7-10-13-15(17)18/h4,6,9,12,14,16H,2-3,5,7-8,10-11,13H2,1H3,(H,17,18)/b6-4+,12-9-/t14-/m0/s1. The molecule has 0 amide bonds. The highest BCUT2D eigenvalue weighted by Gasteiger charge is 1.96. The zero-order valence-electron chi connectivity index (χ0n) is 11.3. The molecule has 0 aromatic rings. The topological polar surface area (TPSA) is 57.5 Å². The van der Waals surface area contributed by atoms with Crippen molar-refractivity contribution in [2.45, 2.75) is 64.4 Å². The molecule has 3 nitrogen and oxygen atoms in total. The van der Waals surface area contributed by atoms with Gasteiger partial charge in [-0.05, 0) is 25.7 Å². The van der Waals surface area contributed by atoms with Gasteiger partial charge < -0.3 is 10.2 Å². The van der Waals surface area contributed by atoms with Crippen LogP contribution in [0.5, 0.6) is 0 Å². The quantitative estimate of drug-likeness (QED) is 0.437. The molecule has 0 radical (unpaired) electrons. The van der Waals surface area contributed by atoms with Crippen molar-refractivity contribution in [3.8, 4) is 0 Å². The molecule has 0 heterocycles. The minimum atomic E-state index is -0.728. The molecule has 0 aliphatic carbocycles. The predicted molar refractivity (Wildman–Crippen MR) is 74.5 cm³/mol. The number of aliphatic hydroxyl groups is 1. The maximum atomic E-state index is 10.3. The summed E-state index contributed by atoms with van der Waals surface area (Å²) in [5.74, 6) is -0.728. The van der Waals surface area contributed by atoms with Crippen LogP contribution in [0.2, 0.25) is 0 Å². The first kappa shape index (κ1) is 16.9. The van der Waals surface area contributed by atoms with Gasteiger partial charge in [-0.1, -0.05) is 50.5 Å². The van der Waals surface area contributed by atoms with Gasteiger partial charge in [0, 0.05) is 6.42 Å². The Labute approximate surface area is 110 Å². The summed E-state index contributed by atoms with van der Waals surface area (Å²) in [5.41, 5.74) is 0. The van der Waals surface area contributed by atoms with E-state index in [0.29, 0.717) is 0 Å². The average Bonchev–Trinajstić information content (AvgIpc) is 2.32. The zero-order valence-corrected chi connectivity index (χ0v) is 11.3. The van der Waals surface area contributed by atoms with Crippen molar-refractivity contribution in [3.63, 3.8) is 0 Å². The molecule has 18 heavy (non-hydrogen) atoms. The molecule has 2 N–H and O–H groups in total. The maximum absolute atomic E-state index is 10.3. The van der Waals surface area contributed by atoms with Gasteiger partial charge in [-0.2, -0.15) is 0 Å². The van der Waals surface area contributed by atoms with Crippen molar-refractivity contribution in [3.05, 3.63) is 24.3 Å². The first-order valence-corrected chi connectivity index (χ1v) is 6.90. The lowest BCUT2D eigenvalue weighted by Gasteiger charge is -2.02. The Balaban J connectivity index is 3.46. The smallest absolute Gasteiger partial charge is 0.303 e. The second kappa shape index (κ2) is 12.4. The van der Waals surface area contributed by atoms with Crippen molar-refractivity contribution in [1.29, 1.82) is 0 Å². The van der Waals surface area contributed by atoms with Gasteiger partial charge in [-0.25, -0.2) is 0 Å². The minimum Gasteiger partial charge on any atom is -0.481 e. The molecule has 0 bridgehead atoms. The third-order valence-electron chi connectivity index (χ3n) is 2.70. The first-order chi connectivity index (χ1) is 8.66. The fourth-order valence-electron chi connectivity index (χ4n) is 1.61. The summed E-state index contributed by atoms with van der Waals surface area (Å²) in [6.45, 7) is 2.15. The Hall–Kier alpha value is -1.09. The Morgan fingerprint density at radius 1 is 1.17 bits per heavy atom. The zero-order chi connectivity index (χ0) is 13.6. The van der Waals surface area contributed by atoms with Gasteiger partial charge in [0.25, 0.3) is 0 Å². The number of unbranched alkanes of at least 4 members (excludes halogenated alkanes) is 4. The summed E-state index contributed by atoms with van der Waals surface area (Å²) in [5, 5.41) is 18.0. The van der Waals surface area contributed by atoms with Crippen molar-refractivity contribution in [1.82, 2.24) is 0 Å². The van der Waals surface area contributed by atoms with E-state index in [1.165, 1.54) is 12.8 Å². The summed E-state index contributed by atoms with van der Waals surface area (Å²) >= 11 is 0. The molecule has 0 aromatic heterocycles. The van der Waals surface area contributed by atoms with Gasteiger partial charge in [0.2, 0.25) is 0 Å². The summed E-state index contributed by atoms with van der Waals surface area (Å²) < 4.78 is 0. The second-order valence-electron chi connectivity index (χ2n) is 4.52. The number of allylic oxidation sites excluding steroid dienone is 3. The Morgan fingerprint density at radius 2 is 1.94 bits per heavy atom. The fourth-order valence-corrected chi connectivity index (χ4v) is 1.61. The largest absolute Gasteiger partial charge is 0.481 e. The van der Waals surface area contributed by atoms with Crippen molar-refractivity contribution >= 4 is 5.97 Å². The minimum absolute atomic E-state index is 0.250. The highest BCUT2D eigenvalue weighted by molar-refractivity contribution is 5.66. The number of aliphatic hydroxyl groups excluding tert-OH is 1. The van der Waals surface area contributed by atoms with Crippen LogP contribution in [-0.2, 0) is 4.79 Å². The van der Waals surface area contributed by atoms with Crippen LogP contribution in [0.1, 0.15) is 58.3 Å². The van der Waals surface area contributed by atoms with Crippen molar-refractivity contribution < 1.29 is 15.0 Å². The van der Waals surface area contributed by atoms with Gasteiger partial charge >= 0.3 is 5.97 Å². The third kappa shape index (κ3) is 13.0. The van der Waals surface area contributed by atoms with Crippen LogP contribution in [0.15, 0.2) is 24.3 Å². The molecule has 0 rings (SSSR count). The Bertz CT molecular complexity index is 256. The van der Waals surface area contributed by atoms with E-state index in [2.05, 4.69) is 6.92 Å². The van der Waals surface area contributed by atoms with E-state index in [1.807, 2.05) is 24.3 Å². The monoisotopic (exact) mass is 254 g/mol. The Kier molecular flexibility index (Phi) is 11.6. The molecule has 0 saturated carbocycles. The fraction of sp³-hybridized carbons (Fsp3) is 0.667. The number of carbonyl (C=O) groups is 1. The van der Waals surface area contributed by atoms with E-state index < -0.39 is 5.97 Å². The van der Waals surface area contributed by atoms with E-state index >= 15 is 0 Å². The number of hydrogen-bond donors (Lipinski definition) is 2. The van der Waals surface area contributed by atoms with Crippen molar-refractivity contribution in [2.75, 3.05) is 0 Å². The van der Waals surface area contributed by atoms with E-state index in [1.54, 1.807) is 0 Å². The Morgan fingerprint density at radius 3 is 2.61 bits per heavy atom. The van der Waals surface area contributed by atoms with E-state index in [9.17, 15) is 9.90 Å². The van der Waals surface area contributed by atoms with Crippen LogP contribution < -0.4 is 0 Å². The van der Waals surface area contributed by atoms with Gasteiger partial charge in [0.05, 0.1) is 6.10 Å². The van der Waals surface area contributed by atoms with E-state index in [4.69, 9.17) is 5.11 Å². The summed E-state index contributed by atoms with van der Waals surface area (Å²) in [4.78, 5) is 10.3. The van der Waals surface area contributed by atoms with Crippen molar-refractivity contribution in [2.24, 2.45) is 0 Å². The molecule has 1 atom stereocenters. The van der Waals surface area contributed by atoms with E-state index in [-0.39, 0.29) is 12.5 Å². The number of carboxylic acid groups (broad SMARTS) is 1. The third-order valence-corrected chi connectivity index (χ3v) is 2.70. The molecule has 0 unspecified atom stereocenters. The number of hydrogen-bond acceptors (Lipinski definition) is 2. The predicted octanol–water partition coefficient (Wildman–Crippen LogP) is 3.69. The highest BCUT2D eigenvalue weighted by Crippen LogP contribution is 2.04. The van der Waals surface area contributed by atoms with Crippen LogP contribution in [0.3, 0.4) is 0 Å². The van der Waals surface area contributed by atoms with Gasteiger partial charge in [0.1, 0.15) is 0 Å². The summed E-state index contributed by atoms with van der Waals surface area (Å²) in [6.07, 6.45) is 14.3. The van der Waals surface area contributed by atoms with Crippen LogP contribution in [0, 0.1) is 0 Å². The molecular formula is C15H26O3. The summed E-state index contributed by atoms with van der Waals surface area (Å²) in [6, 6.07) is 0. The lowest BCUT2D eigenvalue weighted by atomic mass is 10.1. The molecule has 0 saturated heterocycles. The molecular weight excluding hydrogens is 228 g/mol.